The van der Waals surface area contributed by atoms with Gasteiger partial charge in [-0.2, -0.15) is 9.90 Å². The van der Waals surface area contributed by atoms with Crippen LogP contribution in [0.25, 0.3) is 11.8 Å². The minimum Gasteiger partial charge on any atom is -0.493 e. The Morgan fingerprint density at radius 2 is 1.62 bits per heavy atom. The van der Waals surface area contributed by atoms with E-state index in [-0.39, 0.29) is 17.2 Å². The maximum atomic E-state index is 13.3. The largest absolute Gasteiger partial charge is 0.493 e. The summed E-state index contributed by atoms with van der Waals surface area (Å²) in [6.45, 7) is 7.15. The van der Waals surface area contributed by atoms with E-state index >= 15 is 0 Å². The predicted molar refractivity (Wildman–Crippen MR) is 142 cm³/mol. The number of para-hydroxylation sites is 2. The fourth-order valence-electron chi connectivity index (χ4n) is 5.29. The van der Waals surface area contributed by atoms with Crippen LogP contribution >= 0.6 is 0 Å². The Morgan fingerprint density at radius 1 is 0.946 bits per heavy atom. The zero-order valence-electron chi connectivity index (χ0n) is 21.5. The lowest BCUT2D eigenvalue weighted by Crippen LogP contribution is -2.44. The summed E-state index contributed by atoms with van der Waals surface area (Å²) in [6.07, 6.45) is 6.20. The van der Waals surface area contributed by atoms with Crippen molar-refractivity contribution in [2.45, 2.75) is 33.1 Å². The molecule has 2 fully saturated rings. The minimum atomic E-state index is -0.0639. The first-order valence-corrected chi connectivity index (χ1v) is 13.0. The van der Waals surface area contributed by atoms with Gasteiger partial charge in [0.05, 0.1) is 18.0 Å². The van der Waals surface area contributed by atoms with Gasteiger partial charge in [-0.15, -0.1) is 5.10 Å². The molecule has 2 aliphatic rings. The molecule has 2 amide bonds. The van der Waals surface area contributed by atoms with Gasteiger partial charge in [0.15, 0.2) is 5.69 Å². The van der Waals surface area contributed by atoms with Crippen molar-refractivity contribution in [3.8, 4) is 11.4 Å². The highest BCUT2D eigenvalue weighted by atomic mass is 16.5. The number of hydrogen-bond acceptors (Lipinski definition) is 5. The van der Waals surface area contributed by atoms with Crippen LogP contribution in [0.4, 0.5) is 0 Å². The van der Waals surface area contributed by atoms with Crippen LogP contribution in [0.15, 0.2) is 60.7 Å². The van der Waals surface area contributed by atoms with E-state index in [1.807, 2.05) is 84.3 Å². The van der Waals surface area contributed by atoms with Crippen LogP contribution in [0.2, 0.25) is 0 Å². The van der Waals surface area contributed by atoms with Crippen LogP contribution < -0.4 is 4.74 Å². The van der Waals surface area contributed by atoms with Crippen molar-refractivity contribution in [2.75, 3.05) is 32.8 Å². The molecule has 1 spiro atoms. The predicted octanol–water partition coefficient (Wildman–Crippen LogP) is 4.14. The van der Waals surface area contributed by atoms with E-state index in [4.69, 9.17) is 4.74 Å². The van der Waals surface area contributed by atoms with Crippen LogP contribution in [0.1, 0.15) is 47.9 Å². The molecule has 0 aliphatic carbocycles. The van der Waals surface area contributed by atoms with Gasteiger partial charge in [0.25, 0.3) is 5.91 Å². The number of carbonyl (C=O) groups is 2. The summed E-state index contributed by atoms with van der Waals surface area (Å²) in [5.74, 6) is 0.729. The summed E-state index contributed by atoms with van der Waals surface area (Å²) in [5.41, 5.74) is 2.82. The average molecular weight is 500 g/mol. The Bertz CT molecular complexity index is 1290. The third-order valence-electron chi connectivity index (χ3n) is 7.46. The van der Waals surface area contributed by atoms with Crippen LogP contribution in [0, 0.1) is 12.3 Å². The summed E-state index contributed by atoms with van der Waals surface area (Å²) in [4.78, 5) is 31.6. The van der Waals surface area contributed by atoms with Gasteiger partial charge in [-0.25, -0.2) is 0 Å². The molecule has 2 saturated heterocycles. The summed E-state index contributed by atoms with van der Waals surface area (Å²) < 4.78 is 5.65. The van der Waals surface area contributed by atoms with Crippen molar-refractivity contribution in [3.63, 3.8) is 0 Å². The number of ether oxygens (including phenoxy) is 1. The number of hydrogen-bond donors (Lipinski definition) is 0. The van der Waals surface area contributed by atoms with Crippen molar-refractivity contribution in [1.82, 2.24) is 24.8 Å². The minimum absolute atomic E-state index is 0.0141. The molecule has 192 valence electrons. The number of likely N-dealkylation sites (tertiary alicyclic amines) is 2. The van der Waals surface area contributed by atoms with E-state index in [1.54, 1.807) is 6.08 Å². The number of aromatic nitrogens is 3. The average Bonchev–Trinajstić information content (AvgIpc) is 3.52. The van der Waals surface area contributed by atoms with Gasteiger partial charge in [-0.1, -0.05) is 36.4 Å². The van der Waals surface area contributed by atoms with Gasteiger partial charge >= 0.3 is 0 Å². The molecule has 8 nitrogen and oxygen atoms in total. The van der Waals surface area contributed by atoms with E-state index in [1.165, 1.54) is 4.80 Å². The molecule has 8 heteroatoms. The second kappa shape index (κ2) is 10.6. The number of aryl methyl sites for hydroxylation is 1. The molecule has 5 rings (SSSR count). The summed E-state index contributed by atoms with van der Waals surface area (Å²) in [7, 11) is 0. The molecule has 2 aromatic carbocycles. The van der Waals surface area contributed by atoms with Gasteiger partial charge < -0.3 is 14.5 Å². The molecular formula is C29H33N5O3. The van der Waals surface area contributed by atoms with Gasteiger partial charge in [-0.05, 0) is 62.8 Å². The molecule has 0 bridgehead atoms. The summed E-state index contributed by atoms with van der Waals surface area (Å²) >= 11 is 0. The summed E-state index contributed by atoms with van der Waals surface area (Å²) in [6, 6.07) is 17.3. The zero-order valence-corrected chi connectivity index (χ0v) is 21.5. The third kappa shape index (κ3) is 5.28. The van der Waals surface area contributed by atoms with Crippen molar-refractivity contribution >= 4 is 17.9 Å². The zero-order chi connectivity index (χ0) is 25.8. The molecule has 0 radical (unpaired) electrons. The molecule has 0 saturated carbocycles. The van der Waals surface area contributed by atoms with E-state index in [0.29, 0.717) is 44.2 Å². The number of benzene rings is 2. The first kappa shape index (κ1) is 24.7. The van der Waals surface area contributed by atoms with Crippen molar-refractivity contribution in [3.05, 3.63) is 77.6 Å². The number of nitrogens with zero attached hydrogens (tertiary/aromatic N) is 5. The van der Waals surface area contributed by atoms with Gasteiger partial charge in [0.1, 0.15) is 5.75 Å². The molecular weight excluding hydrogens is 466 g/mol. The molecule has 0 unspecified atom stereocenters. The maximum absolute atomic E-state index is 13.3. The molecule has 3 heterocycles. The highest BCUT2D eigenvalue weighted by Gasteiger charge is 2.43. The SMILES string of the molecule is CCOc1ccccc1C=CC(=O)N1CCC2(CC1)CCN(C(=O)c1nn(-c3ccccc3)nc1C)C2. The Balaban J connectivity index is 1.18. The van der Waals surface area contributed by atoms with Crippen molar-refractivity contribution < 1.29 is 14.3 Å². The Labute approximate surface area is 217 Å². The Hall–Kier alpha value is -3.94. The van der Waals surface area contributed by atoms with Crippen LogP contribution in [-0.2, 0) is 4.79 Å². The van der Waals surface area contributed by atoms with E-state index in [0.717, 1.165) is 36.3 Å². The van der Waals surface area contributed by atoms with E-state index < -0.39 is 0 Å². The van der Waals surface area contributed by atoms with E-state index in [2.05, 4.69) is 10.2 Å². The highest BCUT2D eigenvalue weighted by molar-refractivity contribution is 5.93. The molecule has 2 aliphatic heterocycles. The van der Waals surface area contributed by atoms with Crippen molar-refractivity contribution in [1.29, 1.82) is 0 Å². The highest BCUT2D eigenvalue weighted by Crippen LogP contribution is 2.41. The number of amides is 2. The maximum Gasteiger partial charge on any atom is 0.276 e. The lowest BCUT2D eigenvalue weighted by atomic mass is 9.78. The quantitative estimate of drug-likeness (QED) is 0.476. The van der Waals surface area contributed by atoms with Crippen LogP contribution in [0.3, 0.4) is 0 Å². The molecule has 0 N–H and O–H groups in total. The summed E-state index contributed by atoms with van der Waals surface area (Å²) in [5, 5.41) is 8.96. The molecule has 3 aromatic rings. The molecule has 1 aromatic heterocycles. The Morgan fingerprint density at radius 3 is 2.35 bits per heavy atom. The monoisotopic (exact) mass is 499 g/mol. The fourth-order valence-corrected chi connectivity index (χ4v) is 5.29. The smallest absolute Gasteiger partial charge is 0.276 e. The lowest BCUT2D eigenvalue weighted by molar-refractivity contribution is -0.128. The fraction of sp³-hybridized carbons (Fsp3) is 0.379. The van der Waals surface area contributed by atoms with Crippen LogP contribution in [0.5, 0.6) is 5.75 Å². The topological polar surface area (TPSA) is 80.6 Å². The first-order valence-electron chi connectivity index (χ1n) is 13.0. The van der Waals surface area contributed by atoms with Gasteiger partial charge in [-0.3, -0.25) is 9.59 Å². The van der Waals surface area contributed by atoms with Gasteiger partial charge in [0.2, 0.25) is 5.91 Å². The number of rotatable bonds is 6. The van der Waals surface area contributed by atoms with Crippen LogP contribution in [-0.4, -0.2) is 69.4 Å². The Kier molecular flexibility index (Phi) is 7.08. The third-order valence-corrected chi connectivity index (χ3v) is 7.46. The second-order valence-electron chi connectivity index (χ2n) is 9.87. The standard InChI is InChI=1S/C29H33N5O3/c1-3-37-25-12-8-7-9-23(25)13-14-26(35)32-18-15-29(16-19-32)17-20-33(21-29)28(36)27-22(2)30-34(31-27)24-10-5-4-6-11-24/h4-14H,3,15-21H2,1-2H3. The van der Waals surface area contributed by atoms with Gasteiger partial charge in [0, 0.05) is 37.8 Å². The number of carbonyl (C=O) groups excluding carboxylic acids is 2. The lowest BCUT2D eigenvalue weighted by Gasteiger charge is -2.38. The van der Waals surface area contributed by atoms with Crippen molar-refractivity contribution in [2.24, 2.45) is 5.41 Å². The molecule has 0 atom stereocenters. The van der Waals surface area contributed by atoms with E-state index in [9.17, 15) is 9.59 Å². The first-order chi connectivity index (χ1) is 18.0. The molecule has 37 heavy (non-hydrogen) atoms. The number of piperidine rings is 1. The second-order valence-corrected chi connectivity index (χ2v) is 9.87. The normalized spacial score (nSPS) is 17.0.